The molecule has 12 nitrogen and oxygen atoms in total. The molecule has 1 atom stereocenters. The molecule has 0 spiro atoms. The first-order chi connectivity index (χ1) is 22.3. The van der Waals surface area contributed by atoms with Gasteiger partial charge in [0.2, 0.25) is 5.91 Å². The van der Waals surface area contributed by atoms with E-state index in [1.54, 1.807) is 28.0 Å². The van der Waals surface area contributed by atoms with Crippen LogP contribution in [0.5, 0.6) is 0 Å². The van der Waals surface area contributed by atoms with Crippen molar-refractivity contribution in [1.29, 1.82) is 0 Å². The Morgan fingerprint density at radius 2 is 1.64 bits per heavy atom. The number of urea groups is 1. The van der Waals surface area contributed by atoms with Gasteiger partial charge < -0.3 is 15.3 Å². The van der Waals surface area contributed by atoms with E-state index in [1.165, 1.54) is 54.4 Å². The molecule has 3 aromatic carbocycles. The number of rotatable bonds is 10. The van der Waals surface area contributed by atoms with Gasteiger partial charge in [-0.15, -0.1) is 0 Å². The summed E-state index contributed by atoms with van der Waals surface area (Å²) in [4.78, 5) is 56.9. The lowest BCUT2D eigenvalue weighted by molar-refractivity contribution is -0.138. The molecule has 5 rings (SSSR count). The van der Waals surface area contributed by atoms with Crippen molar-refractivity contribution in [3.8, 4) is 0 Å². The number of nitrogens with zero attached hydrogens (tertiary/aromatic N) is 4. The van der Waals surface area contributed by atoms with E-state index < -0.39 is 46.4 Å². The number of fused-ring (bicyclic) bond motifs is 2. The highest BCUT2D eigenvalue weighted by Gasteiger charge is 2.58. The summed E-state index contributed by atoms with van der Waals surface area (Å²) in [5.74, 6) is -2.96. The Kier molecular flexibility index (Phi) is 9.56. The summed E-state index contributed by atoms with van der Waals surface area (Å²) in [5.41, 5.74) is -0.807. The average Bonchev–Trinajstić information content (AvgIpc) is 3.54. The zero-order valence-electron chi connectivity index (χ0n) is 25.9. The fourth-order valence-corrected chi connectivity index (χ4v) is 8.07. The molecule has 0 radical (unpaired) electrons. The standard InChI is InChI=1S/C32H33Cl2N5O7S/c1-4-37(5-2)31(44)38-15-14-20-16-22(11-13-26(20)38)47(45,46)39-27-12-10-21(33)17-24(27)32(30(39)43,23-8-6-7-9-25(23)34)35-28(40)18-36(3)19-29(41)42/h6-13,16-17H,4-5,14-15,18-19H2,1-3H3,(H,35,40)(H,41,42). The van der Waals surface area contributed by atoms with E-state index in [1.807, 2.05) is 13.8 Å². The third-order valence-corrected chi connectivity index (χ3v) is 10.5. The van der Waals surface area contributed by atoms with Crippen LogP contribution >= 0.6 is 23.2 Å². The maximum atomic E-state index is 14.7. The first-order valence-corrected chi connectivity index (χ1v) is 17.0. The Morgan fingerprint density at radius 3 is 2.30 bits per heavy atom. The number of carboxylic acid groups (broad SMARTS) is 1. The van der Waals surface area contributed by atoms with Gasteiger partial charge in [-0.05, 0) is 75.3 Å². The van der Waals surface area contributed by atoms with Gasteiger partial charge in [0, 0.05) is 46.5 Å². The number of likely N-dealkylation sites (N-methyl/N-ethyl adjacent to an activating group) is 1. The Bertz CT molecular complexity index is 1880. The first-order valence-electron chi connectivity index (χ1n) is 14.8. The second kappa shape index (κ2) is 13.1. The highest BCUT2D eigenvalue weighted by atomic mass is 35.5. The second-order valence-electron chi connectivity index (χ2n) is 11.2. The lowest BCUT2D eigenvalue weighted by Gasteiger charge is -2.32. The summed E-state index contributed by atoms with van der Waals surface area (Å²) >= 11 is 13.0. The Labute approximate surface area is 282 Å². The molecule has 2 heterocycles. The van der Waals surface area contributed by atoms with Crippen LogP contribution in [0.3, 0.4) is 0 Å². The van der Waals surface area contributed by atoms with Crippen LogP contribution in [0.4, 0.5) is 16.2 Å². The molecule has 3 aromatic rings. The van der Waals surface area contributed by atoms with Crippen molar-refractivity contribution in [2.75, 3.05) is 49.0 Å². The molecule has 15 heteroatoms. The van der Waals surface area contributed by atoms with Gasteiger partial charge in [0.25, 0.3) is 15.9 Å². The molecule has 2 N–H and O–H groups in total. The van der Waals surface area contributed by atoms with Gasteiger partial charge in [0.1, 0.15) is 0 Å². The van der Waals surface area contributed by atoms with E-state index in [0.717, 1.165) is 0 Å². The number of carboxylic acids is 1. The molecule has 2 aliphatic heterocycles. The van der Waals surface area contributed by atoms with Gasteiger partial charge in [0.15, 0.2) is 5.54 Å². The molecular weight excluding hydrogens is 669 g/mol. The predicted octanol–water partition coefficient (Wildman–Crippen LogP) is 3.93. The fraction of sp³-hybridized carbons (Fsp3) is 0.312. The molecular formula is C32H33Cl2N5O7S. The maximum absolute atomic E-state index is 14.7. The van der Waals surface area contributed by atoms with Crippen molar-refractivity contribution >= 4 is 68.4 Å². The highest BCUT2D eigenvalue weighted by Crippen LogP contribution is 2.49. The third-order valence-electron chi connectivity index (χ3n) is 8.26. The third kappa shape index (κ3) is 6.04. The topological polar surface area (TPSA) is 148 Å². The number of sulfonamides is 1. The largest absolute Gasteiger partial charge is 0.480 e. The molecule has 248 valence electrons. The van der Waals surface area contributed by atoms with E-state index in [-0.39, 0.29) is 37.8 Å². The van der Waals surface area contributed by atoms with E-state index in [2.05, 4.69) is 5.32 Å². The van der Waals surface area contributed by atoms with Crippen LogP contribution in [0.15, 0.2) is 65.6 Å². The van der Waals surface area contributed by atoms with E-state index >= 15 is 0 Å². The van der Waals surface area contributed by atoms with Crippen LogP contribution in [0.1, 0.15) is 30.5 Å². The summed E-state index contributed by atoms with van der Waals surface area (Å²) in [6.45, 7) is 4.29. The second-order valence-corrected chi connectivity index (χ2v) is 13.9. The zero-order valence-corrected chi connectivity index (χ0v) is 28.2. The minimum Gasteiger partial charge on any atom is -0.480 e. The van der Waals surface area contributed by atoms with Crippen molar-refractivity contribution < 1.29 is 32.7 Å². The smallest absolute Gasteiger partial charge is 0.324 e. The van der Waals surface area contributed by atoms with E-state index in [4.69, 9.17) is 23.2 Å². The van der Waals surface area contributed by atoms with Crippen molar-refractivity contribution in [2.24, 2.45) is 0 Å². The number of amides is 4. The summed E-state index contributed by atoms with van der Waals surface area (Å²) in [7, 11) is -3.21. The fourth-order valence-electron chi connectivity index (χ4n) is 6.10. The summed E-state index contributed by atoms with van der Waals surface area (Å²) in [5, 5.41) is 12.1. The molecule has 1 unspecified atom stereocenters. The van der Waals surface area contributed by atoms with Crippen LogP contribution in [-0.2, 0) is 36.4 Å². The Hall–Kier alpha value is -4.17. The number of hydrogen-bond acceptors (Lipinski definition) is 7. The van der Waals surface area contributed by atoms with E-state index in [0.29, 0.717) is 41.6 Å². The van der Waals surface area contributed by atoms with Crippen molar-refractivity contribution in [3.63, 3.8) is 0 Å². The lowest BCUT2D eigenvalue weighted by atomic mass is 9.83. The number of nitrogens with one attached hydrogen (secondary N) is 1. The van der Waals surface area contributed by atoms with Crippen LogP contribution < -0.4 is 14.5 Å². The maximum Gasteiger partial charge on any atom is 0.324 e. The SMILES string of the molecule is CCN(CC)C(=O)N1CCc2cc(S(=O)(=O)N3C(=O)C(NC(=O)CN(C)CC(=O)O)(c4ccccc4Cl)c4cc(Cl)ccc43)ccc21. The summed E-state index contributed by atoms with van der Waals surface area (Å²) in [6.07, 6.45) is 0.412. The van der Waals surface area contributed by atoms with Gasteiger partial charge >= 0.3 is 12.0 Å². The van der Waals surface area contributed by atoms with Crippen LogP contribution in [-0.4, -0.2) is 86.9 Å². The van der Waals surface area contributed by atoms with Gasteiger partial charge in [-0.2, -0.15) is 4.31 Å². The minimum absolute atomic E-state index is 0.0441. The Morgan fingerprint density at radius 1 is 0.957 bits per heavy atom. The monoisotopic (exact) mass is 701 g/mol. The zero-order chi connectivity index (χ0) is 34.3. The lowest BCUT2D eigenvalue weighted by Crippen LogP contribution is -2.56. The summed E-state index contributed by atoms with van der Waals surface area (Å²) in [6, 6.07) is 14.6. The van der Waals surface area contributed by atoms with Gasteiger partial charge in [-0.1, -0.05) is 41.4 Å². The predicted molar refractivity (Wildman–Crippen MR) is 177 cm³/mol. The van der Waals surface area contributed by atoms with Crippen LogP contribution in [0, 0.1) is 0 Å². The minimum atomic E-state index is -4.62. The van der Waals surface area contributed by atoms with Gasteiger partial charge in [-0.3, -0.25) is 24.2 Å². The average molecular weight is 703 g/mol. The van der Waals surface area contributed by atoms with Crippen LogP contribution in [0.2, 0.25) is 10.0 Å². The molecule has 0 aromatic heterocycles. The number of anilines is 2. The number of halogens is 2. The molecule has 0 fully saturated rings. The molecule has 0 bridgehead atoms. The molecule has 47 heavy (non-hydrogen) atoms. The quantitative estimate of drug-likeness (QED) is 0.323. The van der Waals surface area contributed by atoms with Crippen molar-refractivity contribution in [3.05, 3.63) is 87.4 Å². The Balaban J connectivity index is 1.62. The molecule has 2 aliphatic rings. The molecule has 4 amide bonds. The van der Waals surface area contributed by atoms with Gasteiger partial charge in [0.05, 0.1) is 23.7 Å². The normalized spacial score (nSPS) is 17.1. The number of benzene rings is 3. The molecule has 0 aliphatic carbocycles. The first kappa shape index (κ1) is 34.2. The number of aliphatic carboxylic acids is 1. The van der Waals surface area contributed by atoms with Crippen molar-refractivity contribution in [2.45, 2.75) is 30.7 Å². The number of carbonyl (C=O) groups excluding carboxylic acids is 3. The van der Waals surface area contributed by atoms with E-state index in [9.17, 15) is 32.7 Å². The van der Waals surface area contributed by atoms with Gasteiger partial charge in [-0.25, -0.2) is 13.2 Å². The van der Waals surface area contributed by atoms with Crippen molar-refractivity contribution in [1.82, 2.24) is 15.1 Å². The number of carbonyl (C=O) groups is 4. The highest BCUT2D eigenvalue weighted by molar-refractivity contribution is 7.93. The molecule has 0 saturated carbocycles. The van der Waals surface area contributed by atoms with Crippen LogP contribution in [0.25, 0.3) is 0 Å². The number of hydrogen-bond donors (Lipinski definition) is 2. The molecule has 0 saturated heterocycles. The summed E-state index contributed by atoms with van der Waals surface area (Å²) < 4.78 is 29.6.